The van der Waals surface area contributed by atoms with E-state index >= 15 is 0 Å². The first-order valence-corrected chi connectivity index (χ1v) is 18.5. The van der Waals surface area contributed by atoms with Crippen molar-refractivity contribution in [3.63, 3.8) is 0 Å². The second kappa shape index (κ2) is 11.8. The molecule has 126 valence electrons. The van der Waals surface area contributed by atoms with Crippen molar-refractivity contribution >= 4 is 34.3 Å². The standard InChI is InChI=1S/C7H12Br.3C4H9.Sn/c8-6-7-4-2-1-3-5-7;3*1-3-4-2;/h6-7H,1-5H2;3*1,3-4H2,2H3;. The maximum absolute atomic E-state index is 4.35. The molecule has 21 heavy (non-hydrogen) atoms. The number of alkyl halides is 1. The van der Waals surface area contributed by atoms with Crippen LogP contribution in [0.4, 0.5) is 0 Å². The van der Waals surface area contributed by atoms with E-state index in [1.807, 2.05) is 0 Å². The van der Waals surface area contributed by atoms with Crippen LogP contribution in [0.1, 0.15) is 91.4 Å². The van der Waals surface area contributed by atoms with Crippen molar-refractivity contribution in [1.82, 2.24) is 0 Å². The van der Waals surface area contributed by atoms with Crippen LogP contribution in [0.25, 0.3) is 0 Å². The monoisotopic (exact) mass is 466 g/mol. The molecule has 1 atom stereocenters. The molecule has 0 heterocycles. The second-order valence-electron chi connectivity index (χ2n) is 7.47. The van der Waals surface area contributed by atoms with Gasteiger partial charge in [-0.05, 0) is 0 Å². The van der Waals surface area contributed by atoms with Gasteiger partial charge < -0.3 is 0 Å². The fourth-order valence-corrected chi connectivity index (χ4v) is 26.8. The van der Waals surface area contributed by atoms with E-state index in [0.29, 0.717) is 0 Å². The van der Waals surface area contributed by atoms with E-state index in [2.05, 4.69) is 36.7 Å². The predicted molar refractivity (Wildman–Crippen MR) is 104 cm³/mol. The maximum atomic E-state index is 4.35. The Balaban J connectivity index is 2.81. The normalized spacial score (nSPS) is 18.9. The van der Waals surface area contributed by atoms with Gasteiger partial charge in [0.15, 0.2) is 0 Å². The van der Waals surface area contributed by atoms with Gasteiger partial charge in [-0.3, -0.25) is 0 Å². The summed E-state index contributed by atoms with van der Waals surface area (Å²) in [5.74, 6) is 1.04. The molecule has 1 fully saturated rings. The molecule has 0 spiro atoms. The molecule has 0 aromatic carbocycles. The molecule has 0 aromatic rings. The van der Waals surface area contributed by atoms with Gasteiger partial charge in [0.2, 0.25) is 0 Å². The average molecular weight is 466 g/mol. The summed E-state index contributed by atoms with van der Waals surface area (Å²) in [6, 6.07) is 0. The minimum absolute atomic E-state index is 0.983. The molecule has 0 N–H and O–H groups in total. The Kier molecular flexibility index (Phi) is 11.4. The summed E-state index contributed by atoms with van der Waals surface area (Å²) in [4.78, 5) is 0. The summed E-state index contributed by atoms with van der Waals surface area (Å²) in [6.07, 6.45) is 16.3. The summed E-state index contributed by atoms with van der Waals surface area (Å²) < 4.78 is 5.98. The quantitative estimate of drug-likeness (QED) is 0.216. The van der Waals surface area contributed by atoms with Gasteiger partial charge in [0, 0.05) is 0 Å². The molecule has 2 heteroatoms. The summed E-state index contributed by atoms with van der Waals surface area (Å²) in [5.41, 5.74) is 0. The third-order valence-electron chi connectivity index (χ3n) is 5.73. The summed E-state index contributed by atoms with van der Waals surface area (Å²) in [6.45, 7) is 7.17. The number of halogens is 1. The van der Waals surface area contributed by atoms with Crippen molar-refractivity contribution in [3.05, 3.63) is 0 Å². The molecule has 0 amide bonds. The van der Waals surface area contributed by atoms with Crippen LogP contribution in [0, 0.1) is 5.92 Å². The van der Waals surface area contributed by atoms with Crippen LogP contribution in [0.5, 0.6) is 0 Å². The van der Waals surface area contributed by atoms with E-state index in [1.165, 1.54) is 70.6 Å². The van der Waals surface area contributed by atoms with E-state index in [0.717, 1.165) is 8.76 Å². The van der Waals surface area contributed by atoms with E-state index in [9.17, 15) is 0 Å². The Labute approximate surface area is 147 Å². The molecule has 0 aromatic heterocycles. The van der Waals surface area contributed by atoms with Crippen molar-refractivity contribution in [2.75, 3.05) is 0 Å². The second-order valence-corrected chi connectivity index (χ2v) is 24.7. The Morgan fingerprint density at radius 1 is 0.810 bits per heavy atom. The third kappa shape index (κ3) is 6.73. The molecule has 0 nitrogen and oxygen atoms in total. The molecule has 1 aliphatic rings. The molecule has 1 saturated carbocycles. The van der Waals surface area contributed by atoms with Gasteiger partial charge in [-0.2, -0.15) is 0 Å². The zero-order valence-corrected chi connectivity index (χ0v) is 19.4. The molecule has 0 aliphatic heterocycles. The molecular weight excluding hydrogens is 427 g/mol. The van der Waals surface area contributed by atoms with Crippen LogP contribution >= 0.6 is 15.9 Å². The summed E-state index contributed by atoms with van der Waals surface area (Å²) in [7, 11) is 0. The van der Waals surface area contributed by atoms with Crippen molar-refractivity contribution in [1.29, 1.82) is 0 Å². The van der Waals surface area contributed by atoms with Gasteiger partial charge in [0.05, 0.1) is 0 Å². The van der Waals surface area contributed by atoms with Gasteiger partial charge in [0.25, 0.3) is 0 Å². The molecule has 0 bridgehead atoms. The Bertz CT molecular complexity index is 226. The SMILES string of the molecule is CCC[CH2][Sn]([CH2]CCC)([CH2]CCC)[CH](Br)C1CCCCC1. The van der Waals surface area contributed by atoms with E-state index in [1.54, 1.807) is 13.3 Å². The van der Waals surface area contributed by atoms with Gasteiger partial charge in [-0.25, -0.2) is 0 Å². The zero-order valence-electron chi connectivity index (χ0n) is 14.9. The molecule has 1 aliphatic carbocycles. The predicted octanol–water partition coefficient (Wildman–Crippen LogP) is 7.72. The van der Waals surface area contributed by atoms with E-state index in [-0.39, 0.29) is 0 Å². The Morgan fingerprint density at radius 2 is 1.24 bits per heavy atom. The van der Waals surface area contributed by atoms with Crippen molar-refractivity contribution in [2.45, 2.75) is 108 Å². The van der Waals surface area contributed by atoms with Gasteiger partial charge in [-0.1, -0.05) is 0 Å². The van der Waals surface area contributed by atoms with Crippen molar-refractivity contribution < 1.29 is 0 Å². The van der Waals surface area contributed by atoms with Crippen molar-refractivity contribution in [2.24, 2.45) is 5.92 Å². The van der Waals surface area contributed by atoms with Crippen LogP contribution < -0.4 is 0 Å². The first kappa shape index (κ1) is 20.3. The number of hydrogen-bond acceptors (Lipinski definition) is 0. The van der Waals surface area contributed by atoms with E-state index in [4.69, 9.17) is 0 Å². The fraction of sp³-hybridized carbons (Fsp3) is 1.00. The van der Waals surface area contributed by atoms with Gasteiger partial charge in [0.1, 0.15) is 0 Å². The topological polar surface area (TPSA) is 0 Å². The zero-order chi connectivity index (χ0) is 15.6. The molecule has 1 unspecified atom stereocenters. The third-order valence-corrected chi connectivity index (χ3v) is 29.2. The Hall–Kier alpha value is 1.28. The first-order chi connectivity index (χ1) is 10.2. The average Bonchev–Trinajstić information content (AvgIpc) is 2.55. The van der Waals surface area contributed by atoms with Gasteiger partial charge in [-0.15, -0.1) is 0 Å². The van der Waals surface area contributed by atoms with E-state index < -0.39 is 18.4 Å². The van der Waals surface area contributed by atoms with Crippen LogP contribution in [-0.4, -0.2) is 21.2 Å². The fourth-order valence-electron chi connectivity index (χ4n) is 4.30. The number of hydrogen-bond donors (Lipinski definition) is 0. The molecule has 0 radical (unpaired) electrons. The first-order valence-electron chi connectivity index (χ1n) is 9.84. The Morgan fingerprint density at radius 3 is 1.62 bits per heavy atom. The number of unbranched alkanes of at least 4 members (excludes halogenated alkanes) is 3. The summed E-state index contributed by atoms with van der Waals surface area (Å²) >= 11 is 2.33. The van der Waals surface area contributed by atoms with Crippen molar-refractivity contribution in [3.8, 4) is 0 Å². The van der Waals surface area contributed by atoms with Crippen LogP contribution in [-0.2, 0) is 0 Å². The number of rotatable bonds is 11. The molecule has 0 saturated heterocycles. The van der Waals surface area contributed by atoms with Crippen LogP contribution in [0.3, 0.4) is 0 Å². The minimum atomic E-state index is -2.01. The van der Waals surface area contributed by atoms with Crippen LogP contribution in [0.2, 0.25) is 13.3 Å². The molecule has 1 rings (SSSR count). The summed E-state index contributed by atoms with van der Waals surface area (Å²) in [5, 5.41) is 0. The van der Waals surface area contributed by atoms with Gasteiger partial charge >= 0.3 is 148 Å². The molecular formula is C19H39BrSn. The van der Waals surface area contributed by atoms with Crippen LogP contribution in [0.15, 0.2) is 0 Å².